The molecule has 0 aromatic heterocycles. The van der Waals surface area contributed by atoms with Crippen LogP contribution in [0, 0.1) is 11.8 Å². The van der Waals surface area contributed by atoms with Gasteiger partial charge in [-0.15, -0.1) is 0 Å². The van der Waals surface area contributed by atoms with Crippen LogP contribution >= 0.6 is 0 Å². The van der Waals surface area contributed by atoms with E-state index in [0.29, 0.717) is 25.7 Å². The molecule has 2 aliphatic carbocycles. The average Bonchev–Trinajstić information content (AvgIpc) is 2.81. The minimum atomic E-state index is -0.583. The number of piperidine rings is 1. The van der Waals surface area contributed by atoms with Crippen LogP contribution in [0.4, 0.5) is 0 Å². The maximum Gasteiger partial charge on any atom is 0.245 e. The molecule has 9 nitrogen and oxygen atoms in total. The summed E-state index contributed by atoms with van der Waals surface area (Å²) in [6, 6.07) is 0.0118. The number of aliphatic hydroxyl groups excluding tert-OH is 2. The van der Waals surface area contributed by atoms with Crippen molar-refractivity contribution < 1.29 is 19.8 Å². The molecule has 2 amide bonds. The van der Waals surface area contributed by atoms with Gasteiger partial charge < -0.3 is 15.5 Å². The van der Waals surface area contributed by atoms with Gasteiger partial charge in [0.05, 0.1) is 35.5 Å². The Balaban J connectivity index is 1.50. The molecular weight excluding hydrogens is 410 g/mol. The Kier molecular flexibility index (Phi) is 9.19. The van der Waals surface area contributed by atoms with E-state index in [-0.39, 0.29) is 35.7 Å². The van der Waals surface area contributed by atoms with Crippen molar-refractivity contribution in [2.45, 2.75) is 109 Å². The van der Waals surface area contributed by atoms with Gasteiger partial charge in [-0.2, -0.15) is 10.2 Å². The van der Waals surface area contributed by atoms with Crippen molar-refractivity contribution in [2.75, 3.05) is 0 Å². The summed E-state index contributed by atoms with van der Waals surface area (Å²) in [7, 11) is 0. The van der Waals surface area contributed by atoms with Crippen LogP contribution in [0.3, 0.4) is 0 Å². The number of carbonyl (C=O) groups excluding carboxylic acids is 2. The van der Waals surface area contributed by atoms with Crippen molar-refractivity contribution in [1.29, 1.82) is 0 Å². The smallest absolute Gasteiger partial charge is 0.245 e. The number of rotatable bonds is 6. The van der Waals surface area contributed by atoms with Crippen molar-refractivity contribution in [2.24, 2.45) is 22.0 Å². The minimum Gasteiger partial charge on any atom is -0.392 e. The van der Waals surface area contributed by atoms with Gasteiger partial charge in [0.15, 0.2) is 0 Å². The number of nitrogens with zero attached hydrogens (tertiary/aromatic N) is 2. The van der Waals surface area contributed by atoms with Gasteiger partial charge in [0.2, 0.25) is 11.8 Å². The molecule has 3 aliphatic rings. The third-order valence-corrected chi connectivity index (χ3v) is 7.21. The summed E-state index contributed by atoms with van der Waals surface area (Å²) >= 11 is 0. The number of hydrogen-bond donors (Lipinski definition) is 5. The van der Waals surface area contributed by atoms with Crippen LogP contribution in [0.25, 0.3) is 0 Å². The zero-order chi connectivity index (χ0) is 23.1. The highest BCUT2D eigenvalue weighted by molar-refractivity contribution is 5.92. The molecule has 9 heteroatoms. The second kappa shape index (κ2) is 11.9. The maximum absolute atomic E-state index is 12.4. The lowest BCUT2D eigenvalue weighted by Gasteiger charge is -2.31. The standard InChI is InChI=1S/C23H39N5O4/c1-14(25-27-22(31)16-8-3-5-12-20(16)29)18-10-7-11-19(24-18)15(2)26-28-23(32)17-9-4-6-13-21(17)30/h16-21,24,29-30H,3-13H2,1-2H3,(H,27,31)(H,28,32). The molecule has 0 spiro atoms. The molecule has 0 bridgehead atoms. The molecule has 5 N–H and O–H groups in total. The molecule has 1 saturated heterocycles. The molecule has 3 fully saturated rings. The van der Waals surface area contributed by atoms with Crippen molar-refractivity contribution in [3.05, 3.63) is 0 Å². The van der Waals surface area contributed by atoms with Gasteiger partial charge in [-0.1, -0.05) is 25.7 Å². The Morgan fingerprint density at radius 3 is 1.50 bits per heavy atom. The van der Waals surface area contributed by atoms with Crippen LogP contribution in [0.5, 0.6) is 0 Å². The first-order valence-electron chi connectivity index (χ1n) is 12.2. The third-order valence-electron chi connectivity index (χ3n) is 7.21. The van der Waals surface area contributed by atoms with E-state index in [9.17, 15) is 19.8 Å². The normalized spacial score (nSPS) is 34.6. The van der Waals surface area contributed by atoms with E-state index < -0.39 is 12.2 Å². The van der Waals surface area contributed by atoms with Crippen molar-refractivity contribution in [1.82, 2.24) is 16.2 Å². The molecule has 0 aromatic carbocycles. The van der Waals surface area contributed by atoms with Crippen molar-refractivity contribution >= 4 is 23.2 Å². The van der Waals surface area contributed by atoms with Crippen molar-refractivity contribution in [3.63, 3.8) is 0 Å². The monoisotopic (exact) mass is 449 g/mol. The Bertz CT molecular complexity index is 667. The number of nitrogens with one attached hydrogen (secondary N) is 3. The maximum atomic E-state index is 12.4. The van der Waals surface area contributed by atoms with E-state index in [1.807, 2.05) is 13.8 Å². The highest BCUT2D eigenvalue weighted by atomic mass is 16.3. The summed E-state index contributed by atoms with van der Waals surface area (Å²) < 4.78 is 0. The van der Waals surface area contributed by atoms with Gasteiger partial charge in [0.25, 0.3) is 0 Å². The lowest BCUT2D eigenvalue weighted by atomic mass is 9.86. The number of aliphatic hydroxyl groups is 2. The summed E-state index contributed by atoms with van der Waals surface area (Å²) in [6.07, 6.45) is 8.19. The lowest BCUT2D eigenvalue weighted by molar-refractivity contribution is -0.130. The van der Waals surface area contributed by atoms with Gasteiger partial charge in [-0.3, -0.25) is 9.59 Å². The predicted octanol–water partition coefficient (Wildman–Crippen LogP) is 1.58. The summed E-state index contributed by atoms with van der Waals surface area (Å²) in [5.41, 5.74) is 6.86. The SMILES string of the molecule is CC(=NNC(=O)C1CCCCC1O)C1CCCC(C(C)=NNC(=O)C2CCCCC2O)N1. The summed E-state index contributed by atoms with van der Waals surface area (Å²) in [5, 5.41) is 32.2. The molecule has 1 heterocycles. The molecule has 2 saturated carbocycles. The topological polar surface area (TPSA) is 135 Å². The Morgan fingerprint density at radius 2 is 1.09 bits per heavy atom. The van der Waals surface area contributed by atoms with Crippen LogP contribution in [-0.2, 0) is 9.59 Å². The van der Waals surface area contributed by atoms with Gasteiger partial charge in [-0.25, -0.2) is 10.9 Å². The Morgan fingerprint density at radius 1 is 0.688 bits per heavy atom. The summed E-state index contributed by atoms with van der Waals surface area (Å²) in [4.78, 5) is 24.8. The van der Waals surface area contributed by atoms with Crippen LogP contribution < -0.4 is 16.2 Å². The molecule has 3 rings (SSSR count). The van der Waals surface area contributed by atoms with E-state index in [4.69, 9.17) is 0 Å². The molecule has 180 valence electrons. The van der Waals surface area contributed by atoms with Gasteiger partial charge >= 0.3 is 0 Å². The third kappa shape index (κ3) is 6.59. The van der Waals surface area contributed by atoms with Crippen LogP contribution in [0.15, 0.2) is 10.2 Å². The molecular formula is C23H39N5O4. The van der Waals surface area contributed by atoms with Gasteiger partial charge in [0, 0.05) is 12.1 Å². The Labute approximate surface area is 190 Å². The first-order valence-corrected chi connectivity index (χ1v) is 12.2. The first kappa shape index (κ1) is 24.8. The van der Waals surface area contributed by atoms with Gasteiger partial charge in [0.1, 0.15) is 0 Å². The molecule has 32 heavy (non-hydrogen) atoms. The first-order chi connectivity index (χ1) is 15.4. The van der Waals surface area contributed by atoms with Crippen LogP contribution in [-0.4, -0.2) is 57.7 Å². The Hall–Kier alpha value is -1.84. The molecule has 0 radical (unpaired) electrons. The fourth-order valence-corrected chi connectivity index (χ4v) is 5.04. The number of hydrogen-bond acceptors (Lipinski definition) is 7. The molecule has 0 aromatic rings. The van der Waals surface area contributed by atoms with E-state index in [2.05, 4.69) is 26.4 Å². The second-order valence-electron chi connectivity index (χ2n) is 9.58. The predicted molar refractivity (Wildman–Crippen MR) is 123 cm³/mol. The fourth-order valence-electron chi connectivity index (χ4n) is 5.04. The number of hydrazone groups is 2. The number of carbonyl (C=O) groups is 2. The highest BCUT2D eigenvalue weighted by Gasteiger charge is 2.31. The van der Waals surface area contributed by atoms with Crippen LogP contribution in [0.2, 0.25) is 0 Å². The van der Waals surface area contributed by atoms with E-state index in [1.54, 1.807) is 0 Å². The van der Waals surface area contributed by atoms with Gasteiger partial charge in [-0.05, 0) is 58.8 Å². The van der Waals surface area contributed by atoms with E-state index in [0.717, 1.165) is 56.4 Å². The molecule has 1 aliphatic heterocycles. The summed E-state index contributed by atoms with van der Waals surface area (Å²) in [5.74, 6) is -1.19. The molecule has 6 atom stereocenters. The average molecular weight is 450 g/mol. The van der Waals surface area contributed by atoms with E-state index >= 15 is 0 Å². The number of amides is 2. The van der Waals surface area contributed by atoms with Crippen molar-refractivity contribution in [3.8, 4) is 0 Å². The fraction of sp³-hybridized carbons (Fsp3) is 0.826. The highest BCUT2D eigenvalue weighted by Crippen LogP contribution is 2.25. The summed E-state index contributed by atoms with van der Waals surface area (Å²) in [6.45, 7) is 3.77. The van der Waals surface area contributed by atoms with E-state index in [1.165, 1.54) is 0 Å². The lowest BCUT2D eigenvalue weighted by Crippen LogP contribution is -2.50. The van der Waals surface area contributed by atoms with Crippen LogP contribution in [0.1, 0.15) is 84.5 Å². The zero-order valence-electron chi connectivity index (χ0n) is 19.3. The molecule has 6 unspecified atom stereocenters. The second-order valence-corrected chi connectivity index (χ2v) is 9.58. The minimum absolute atomic E-state index is 0.00588. The quantitative estimate of drug-likeness (QED) is 0.310. The largest absolute Gasteiger partial charge is 0.392 e. The zero-order valence-corrected chi connectivity index (χ0v) is 19.3.